The van der Waals surface area contributed by atoms with E-state index in [-0.39, 0.29) is 12.6 Å². The third-order valence-electron chi connectivity index (χ3n) is 2.79. The maximum Gasteiger partial charge on any atom is 0.317 e. The van der Waals surface area contributed by atoms with Crippen molar-refractivity contribution in [2.24, 2.45) is 0 Å². The van der Waals surface area contributed by atoms with Gasteiger partial charge in [-0.25, -0.2) is 4.98 Å². The number of aliphatic carboxylic acids is 1. The van der Waals surface area contributed by atoms with E-state index in [0.29, 0.717) is 13.2 Å². The first-order valence-corrected chi connectivity index (χ1v) is 6.66. The molecule has 1 atom stereocenters. The number of carboxylic acids is 1. The Balaban J connectivity index is 2.83. The molecule has 0 saturated heterocycles. The highest BCUT2D eigenvalue weighted by Crippen LogP contribution is 2.28. The fraction of sp³-hybridized carbons (Fsp3) is 0.667. The number of aryl methyl sites for hydroxylation is 2. The summed E-state index contributed by atoms with van der Waals surface area (Å²) in [5, 5.41) is 9.97. The number of nitrogens with zero attached hydrogens (tertiary/aromatic N) is 2. The van der Waals surface area contributed by atoms with Crippen LogP contribution in [0.15, 0.2) is 0 Å². The number of hydrogen-bond donors (Lipinski definition) is 1. The number of aromatic nitrogens is 1. The molecule has 1 N–H and O–H groups in total. The highest BCUT2D eigenvalue weighted by molar-refractivity contribution is 7.11. The normalized spacial score (nSPS) is 12.9. The van der Waals surface area contributed by atoms with Crippen molar-refractivity contribution in [3.05, 3.63) is 15.6 Å². The van der Waals surface area contributed by atoms with Crippen molar-refractivity contribution in [3.8, 4) is 0 Å². The molecule has 0 aliphatic carbocycles. The van der Waals surface area contributed by atoms with Crippen LogP contribution in [0.2, 0.25) is 0 Å². The number of ether oxygens (including phenoxy) is 1. The molecule has 1 rings (SSSR count). The summed E-state index contributed by atoms with van der Waals surface area (Å²) in [7, 11) is 1.62. The van der Waals surface area contributed by atoms with Gasteiger partial charge in [0.05, 0.1) is 23.9 Å². The summed E-state index contributed by atoms with van der Waals surface area (Å²) in [6, 6.07) is 0.0439. The fourth-order valence-electron chi connectivity index (χ4n) is 1.89. The minimum Gasteiger partial charge on any atom is -0.480 e. The summed E-state index contributed by atoms with van der Waals surface area (Å²) in [5.74, 6) is -0.822. The molecular formula is C12H20N2O3S. The van der Waals surface area contributed by atoms with Crippen LogP contribution in [0.5, 0.6) is 0 Å². The molecule has 0 saturated carbocycles. The molecule has 0 radical (unpaired) electrons. The topological polar surface area (TPSA) is 62.7 Å². The van der Waals surface area contributed by atoms with E-state index in [4.69, 9.17) is 9.84 Å². The van der Waals surface area contributed by atoms with E-state index in [1.165, 1.54) is 0 Å². The van der Waals surface area contributed by atoms with Crippen LogP contribution in [-0.4, -0.2) is 47.8 Å². The van der Waals surface area contributed by atoms with Crippen molar-refractivity contribution in [1.29, 1.82) is 0 Å². The first-order chi connectivity index (χ1) is 8.45. The molecule has 18 heavy (non-hydrogen) atoms. The van der Waals surface area contributed by atoms with E-state index in [2.05, 4.69) is 4.98 Å². The second-order valence-electron chi connectivity index (χ2n) is 4.22. The van der Waals surface area contributed by atoms with Crippen LogP contribution in [0.1, 0.15) is 28.5 Å². The lowest BCUT2D eigenvalue weighted by Crippen LogP contribution is -2.34. The molecule has 102 valence electrons. The third-order valence-corrected chi connectivity index (χ3v) is 4.03. The van der Waals surface area contributed by atoms with Gasteiger partial charge in [-0.15, -0.1) is 11.3 Å². The highest BCUT2D eigenvalue weighted by Gasteiger charge is 2.21. The monoisotopic (exact) mass is 272 g/mol. The number of methoxy groups -OCH3 is 1. The molecule has 6 heteroatoms. The third kappa shape index (κ3) is 4.04. The van der Waals surface area contributed by atoms with Gasteiger partial charge in [0.2, 0.25) is 0 Å². The summed E-state index contributed by atoms with van der Waals surface area (Å²) in [5.41, 5.74) is 0.984. The van der Waals surface area contributed by atoms with Gasteiger partial charge in [0.25, 0.3) is 0 Å². The summed E-state index contributed by atoms with van der Waals surface area (Å²) in [6.07, 6.45) is 0. The predicted octanol–water partition coefficient (Wildman–Crippen LogP) is 1.85. The van der Waals surface area contributed by atoms with Crippen LogP contribution in [0.25, 0.3) is 0 Å². The van der Waals surface area contributed by atoms with Crippen LogP contribution in [0, 0.1) is 13.8 Å². The van der Waals surface area contributed by atoms with E-state index >= 15 is 0 Å². The van der Waals surface area contributed by atoms with Crippen LogP contribution in [0.3, 0.4) is 0 Å². The molecule has 5 nitrogen and oxygen atoms in total. The average molecular weight is 272 g/mol. The zero-order chi connectivity index (χ0) is 13.7. The van der Waals surface area contributed by atoms with Crippen molar-refractivity contribution in [2.45, 2.75) is 26.8 Å². The van der Waals surface area contributed by atoms with Crippen molar-refractivity contribution < 1.29 is 14.6 Å². The zero-order valence-electron chi connectivity index (χ0n) is 11.3. The lowest BCUT2D eigenvalue weighted by molar-refractivity contribution is -0.139. The maximum atomic E-state index is 10.9. The number of carboxylic acid groups (broad SMARTS) is 1. The zero-order valence-corrected chi connectivity index (χ0v) is 12.1. The van der Waals surface area contributed by atoms with Crippen molar-refractivity contribution in [2.75, 3.05) is 26.8 Å². The molecule has 1 aromatic rings. The van der Waals surface area contributed by atoms with Crippen molar-refractivity contribution >= 4 is 17.3 Å². The largest absolute Gasteiger partial charge is 0.480 e. The molecule has 0 fully saturated rings. The Morgan fingerprint density at radius 2 is 2.22 bits per heavy atom. The first-order valence-electron chi connectivity index (χ1n) is 5.84. The molecule has 0 spiro atoms. The van der Waals surface area contributed by atoms with E-state index < -0.39 is 5.97 Å². The van der Waals surface area contributed by atoms with Gasteiger partial charge in [0.1, 0.15) is 0 Å². The average Bonchev–Trinajstić information content (AvgIpc) is 2.62. The minimum absolute atomic E-state index is 0.0148. The summed E-state index contributed by atoms with van der Waals surface area (Å²) in [6.45, 7) is 7.07. The Labute approximate surface area is 111 Å². The molecule has 1 aromatic heterocycles. The molecule has 1 heterocycles. The molecule has 0 aliphatic heterocycles. The Morgan fingerprint density at radius 3 is 2.67 bits per heavy atom. The number of carbonyl (C=O) groups is 1. The quantitative estimate of drug-likeness (QED) is 0.820. The molecule has 1 unspecified atom stereocenters. The van der Waals surface area contributed by atoms with Crippen LogP contribution >= 0.6 is 11.3 Å². The van der Waals surface area contributed by atoms with Crippen LogP contribution in [0.4, 0.5) is 0 Å². The lowest BCUT2D eigenvalue weighted by atomic mass is 10.2. The lowest BCUT2D eigenvalue weighted by Gasteiger charge is -2.26. The van der Waals surface area contributed by atoms with E-state index in [1.807, 2.05) is 25.7 Å². The second-order valence-corrected chi connectivity index (χ2v) is 5.45. The standard InChI is InChI=1S/C12H20N2O3S/c1-8-12(18-10(3)13-8)9(2)14(5-6-17-4)7-11(15)16/h9H,5-7H2,1-4H3,(H,15,16). The SMILES string of the molecule is COCCN(CC(=O)O)C(C)c1sc(C)nc1C. The maximum absolute atomic E-state index is 10.9. The summed E-state index contributed by atoms with van der Waals surface area (Å²) in [4.78, 5) is 18.3. The Morgan fingerprint density at radius 1 is 1.56 bits per heavy atom. The minimum atomic E-state index is -0.822. The molecule has 0 bridgehead atoms. The van der Waals surface area contributed by atoms with Crippen LogP contribution < -0.4 is 0 Å². The van der Waals surface area contributed by atoms with Gasteiger partial charge < -0.3 is 9.84 Å². The van der Waals surface area contributed by atoms with Crippen LogP contribution in [-0.2, 0) is 9.53 Å². The Kier molecular flexibility index (Phi) is 5.71. The first kappa shape index (κ1) is 15.1. The van der Waals surface area contributed by atoms with Crippen molar-refractivity contribution in [1.82, 2.24) is 9.88 Å². The van der Waals surface area contributed by atoms with Gasteiger partial charge in [0, 0.05) is 24.6 Å². The Bertz CT molecular complexity index is 406. The van der Waals surface area contributed by atoms with Gasteiger partial charge >= 0.3 is 5.97 Å². The number of hydrogen-bond acceptors (Lipinski definition) is 5. The number of rotatable bonds is 7. The summed E-state index contributed by atoms with van der Waals surface area (Å²) >= 11 is 1.62. The van der Waals surface area contributed by atoms with E-state index in [9.17, 15) is 4.79 Å². The van der Waals surface area contributed by atoms with Gasteiger partial charge in [-0.1, -0.05) is 0 Å². The van der Waals surface area contributed by atoms with Gasteiger partial charge in [0.15, 0.2) is 0 Å². The van der Waals surface area contributed by atoms with E-state index in [0.717, 1.165) is 15.6 Å². The summed E-state index contributed by atoms with van der Waals surface area (Å²) < 4.78 is 5.03. The smallest absolute Gasteiger partial charge is 0.317 e. The number of thiazole rings is 1. The molecular weight excluding hydrogens is 252 g/mol. The predicted molar refractivity (Wildman–Crippen MR) is 71.1 cm³/mol. The molecule has 0 aromatic carbocycles. The second kappa shape index (κ2) is 6.82. The van der Waals surface area contributed by atoms with Gasteiger partial charge in [-0.2, -0.15) is 0 Å². The fourth-order valence-corrected chi connectivity index (χ4v) is 2.91. The van der Waals surface area contributed by atoms with Crippen molar-refractivity contribution in [3.63, 3.8) is 0 Å². The van der Waals surface area contributed by atoms with Gasteiger partial charge in [-0.05, 0) is 20.8 Å². The molecule has 0 amide bonds. The Hall–Kier alpha value is -0.980. The highest BCUT2D eigenvalue weighted by atomic mass is 32.1. The van der Waals surface area contributed by atoms with E-state index in [1.54, 1.807) is 18.4 Å². The molecule has 0 aliphatic rings. The van der Waals surface area contributed by atoms with Gasteiger partial charge in [-0.3, -0.25) is 9.69 Å².